The van der Waals surface area contributed by atoms with Gasteiger partial charge in [0.15, 0.2) is 0 Å². The second-order valence-corrected chi connectivity index (χ2v) is 21.3. The Balaban J connectivity index is 3.97. The zero-order valence-corrected chi connectivity index (χ0v) is 44.0. The van der Waals surface area contributed by atoms with Crippen molar-refractivity contribution in [3.8, 4) is 0 Å². The number of hydrogen-bond acceptors (Lipinski definition) is 11. The summed E-state index contributed by atoms with van der Waals surface area (Å²) in [7, 11) is 0. The average molecular weight is 993 g/mol. The fourth-order valence-corrected chi connectivity index (χ4v) is 8.02. The summed E-state index contributed by atoms with van der Waals surface area (Å²) in [5, 5.41) is 28.3. The number of carboxylic acids is 1. The van der Waals surface area contributed by atoms with Crippen molar-refractivity contribution >= 4 is 59.2 Å². The van der Waals surface area contributed by atoms with E-state index in [1.165, 1.54) is 0 Å². The lowest BCUT2D eigenvalue weighted by Gasteiger charge is -2.29. The molecule has 1 unspecified atom stereocenters. The number of carbonyl (C=O) groups excluding carboxylic acids is 9. The van der Waals surface area contributed by atoms with Crippen LogP contribution >= 0.6 is 0 Å². The zero-order valence-electron chi connectivity index (χ0n) is 44.0. The summed E-state index contributed by atoms with van der Waals surface area (Å²) in [5.74, 6) is -9.94. The third-order valence-electron chi connectivity index (χ3n) is 11.8. The molecule has 0 spiro atoms. The summed E-state index contributed by atoms with van der Waals surface area (Å²) >= 11 is 0. The summed E-state index contributed by atoms with van der Waals surface area (Å²) in [6.45, 7) is 21.7. The number of ether oxygens (including phenoxy) is 1. The second kappa shape index (κ2) is 31.8. The number of carboxylic acid groups (broad SMARTS) is 1. The highest BCUT2D eigenvalue weighted by Gasteiger charge is 2.37. The van der Waals surface area contributed by atoms with Crippen molar-refractivity contribution in [2.24, 2.45) is 41.2 Å². The van der Waals surface area contributed by atoms with Gasteiger partial charge in [0.2, 0.25) is 47.3 Å². The molecule has 1 rings (SSSR count). The molecule has 0 aromatic carbocycles. The van der Waals surface area contributed by atoms with Crippen LogP contribution in [0.2, 0.25) is 0 Å². The van der Waals surface area contributed by atoms with Crippen LogP contribution in [0.3, 0.4) is 0 Å². The molecule has 1 aliphatic heterocycles. The number of unbranched alkanes of at least 4 members (excludes halogenated alkanes) is 4. The number of amides is 8. The lowest BCUT2D eigenvalue weighted by atomic mass is 9.98. The van der Waals surface area contributed by atoms with E-state index in [0.717, 1.165) is 32.1 Å². The summed E-state index contributed by atoms with van der Waals surface area (Å²) < 4.78 is 6.00. The van der Waals surface area contributed by atoms with Gasteiger partial charge in [-0.25, -0.2) is 4.79 Å². The van der Waals surface area contributed by atoms with E-state index in [1.807, 2.05) is 27.7 Å². The second-order valence-electron chi connectivity index (χ2n) is 21.3. The summed E-state index contributed by atoms with van der Waals surface area (Å²) in [4.78, 5) is 136. The van der Waals surface area contributed by atoms with Gasteiger partial charge < -0.3 is 52.8 Å². The van der Waals surface area contributed by atoms with Gasteiger partial charge in [0.05, 0.1) is 12.8 Å². The van der Waals surface area contributed by atoms with Gasteiger partial charge in [-0.3, -0.25) is 43.2 Å². The predicted molar refractivity (Wildman–Crippen MR) is 264 cm³/mol. The van der Waals surface area contributed by atoms with Crippen LogP contribution in [0.5, 0.6) is 0 Å². The average Bonchev–Trinajstić information content (AvgIpc) is 3.22. The van der Waals surface area contributed by atoms with Crippen molar-refractivity contribution in [3.05, 3.63) is 0 Å². The van der Waals surface area contributed by atoms with Crippen LogP contribution in [-0.2, 0) is 52.7 Å². The van der Waals surface area contributed by atoms with Crippen LogP contribution in [0.15, 0.2) is 0 Å². The third kappa shape index (κ3) is 25.0. The summed E-state index contributed by atoms with van der Waals surface area (Å²) in [5.41, 5.74) is 5.47. The van der Waals surface area contributed by atoms with Crippen molar-refractivity contribution in [3.63, 3.8) is 0 Å². The van der Waals surface area contributed by atoms with E-state index in [-0.39, 0.29) is 56.3 Å². The van der Waals surface area contributed by atoms with Crippen LogP contribution in [-0.4, -0.2) is 113 Å². The highest BCUT2D eigenvalue weighted by atomic mass is 16.5. The number of aliphatic carboxylic acids is 1. The van der Waals surface area contributed by atoms with Crippen LogP contribution < -0.4 is 43.0 Å². The van der Waals surface area contributed by atoms with Crippen molar-refractivity contribution in [1.29, 1.82) is 0 Å². The Hall–Kier alpha value is -5.30. The Labute approximate surface area is 415 Å². The van der Waals surface area contributed by atoms with Crippen molar-refractivity contribution in [2.75, 3.05) is 0 Å². The molecule has 1 saturated heterocycles. The predicted octanol–water partition coefficient (Wildman–Crippen LogP) is 3.27. The smallest absolute Gasteiger partial charge is 0.329 e. The zero-order chi connectivity index (χ0) is 53.4. The van der Waals surface area contributed by atoms with E-state index in [4.69, 9.17) is 10.5 Å². The lowest BCUT2D eigenvalue weighted by molar-refractivity contribution is -0.156. The fraction of sp³-hybridized carbons (Fsp3) is 0.800. The van der Waals surface area contributed by atoms with Gasteiger partial charge in [-0.15, -0.1) is 0 Å². The maximum atomic E-state index is 14.1. The molecule has 20 nitrogen and oxygen atoms in total. The first-order chi connectivity index (χ1) is 32.6. The number of esters is 1. The molecule has 1 aliphatic rings. The molecular formula is C50H88N8O12. The highest BCUT2D eigenvalue weighted by Crippen LogP contribution is 2.19. The number of hydrogen-bond donors (Lipinski definition) is 9. The van der Waals surface area contributed by atoms with E-state index >= 15 is 0 Å². The molecule has 0 radical (unpaired) electrons. The van der Waals surface area contributed by atoms with Gasteiger partial charge in [0.1, 0.15) is 48.4 Å². The molecule has 8 amide bonds. The largest absolute Gasteiger partial charge is 0.481 e. The summed E-state index contributed by atoms with van der Waals surface area (Å²) in [6, 6.07) is -9.50. The van der Waals surface area contributed by atoms with Gasteiger partial charge >= 0.3 is 11.9 Å². The highest BCUT2D eigenvalue weighted by molar-refractivity contribution is 5.98. The molecule has 20 heteroatoms. The molecular weight excluding hydrogens is 905 g/mol. The normalized spacial score (nSPS) is 24.5. The van der Waals surface area contributed by atoms with Crippen LogP contribution in [0, 0.1) is 35.5 Å². The first kappa shape index (κ1) is 62.7. The van der Waals surface area contributed by atoms with Crippen molar-refractivity contribution < 1.29 is 57.8 Å². The number of carbonyl (C=O) groups is 10. The molecule has 0 aliphatic carbocycles. The van der Waals surface area contributed by atoms with Gasteiger partial charge in [-0.1, -0.05) is 115 Å². The standard InChI is InChI=1S/C50H88N8O12/c1-27(2)18-16-14-13-15-17-19-33-25-40(60)52-34(20-21-39(51)59)44(63)53-35(22-28(3)4)45(64)54-36(23-29(5)6)47(66)57-42(31(9)10)49(68)56-38(26-41(61)62)46(65)55-37(24-30(7)8)48(67)58-43(32(11)12)50(69)70-33/h27-38,42-43H,13-26H2,1-12H3,(H2,51,59)(H,52,60)(H,53,63)(H,54,64)(H,55,65)(H,56,68)(H,57,66)(H,58,67)(H,61,62)/t33?,34-,35-,36+,37+,38-,42-,43-/m0/s1. The maximum Gasteiger partial charge on any atom is 0.329 e. The SMILES string of the molecule is CC(C)CCCCCCCC1CC(=O)N[C@@H](CCC(N)=O)C(=O)N[C@@H](CC(C)C)C(=O)N[C@H](CC(C)C)C(=O)N[C@@H](C(C)C)C(=O)N[C@@H](CC(=O)O)C(=O)N[C@H](CC(C)C)C(=O)N[C@@H](C(C)C)C(=O)O1. The Morgan fingerprint density at radius 1 is 0.514 bits per heavy atom. The molecule has 1 heterocycles. The number of cyclic esters (lactones) is 1. The molecule has 400 valence electrons. The molecule has 70 heavy (non-hydrogen) atoms. The molecule has 0 bridgehead atoms. The number of rotatable bonds is 21. The van der Waals surface area contributed by atoms with Gasteiger partial charge in [-0.05, 0) is 74.0 Å². The van der Waals surface area contributed by atoms with Gasteiger partial charge in [0, 0.05) is 6.42 Å². The first-order valence-corrected chi connectivity index (χ1v) is 25.4. The Bertz CT molecular complexity index is 1750. The third-order valence-corrected chi connectivity index (χ3v) is 11.8. The maximum absolute atomic E-state index is 14.1. The van der Waals surface area contributed by atoms with Crippen LogP contribution in [0.4, 0.5) is 0 Å². The number of nitrogens with two attached hydrogens (primary N) is 1. The van der Waals surface area contributed by atoms with Crippen molar-refractivity contribution in [1.82, 2.24) is 37.2 Å². The Morgan fingerprint density at radius 3 is 1.37 bits per heavy atom. The minimum absolute atomic E-state index is 0.0430. The van der Waals surface area contributed by atoms with Crippen LogP contribution in [0.25, 0.3) is 0 Å². The topological polar surface area (TPSA) is 310 Å². The van der Waals surface area contributed by atoms with Gasteiger partial charge in [-0.2, -0.15) is 0 Å². The molecule has 0 saturated carbocycles. The van der Waals surface area contributed by atoms with E-state index in [1.54, 1.807) is 41.5 Å². The minimum Gasteiger partial charge on any atom is -0.481 e. The molecule has 0 aromatic rings. The quantitative estimate of drug-likeness (QED) is 0.0592. The number of nitrogens with one attached hydrogen (secondary N) is 7. The van der Waals surface area contributed by atoms with Gasteiger partial charge in [0.25, 0.3) is 0 Å². The van der Waals surface area contributed by atoms with E-state index < -0.39 is 132 Å². The fourth-order valence-electron chi connectivity index (χ4n) is 8.02. The first-order valence-electron chi connectivity index (χ1n) is 25.4. The number of primary amides is 1. The van der Waals surface area contributed by atoms with E-state index in [9.17, 15) is 53.1 Å². The molecule has 10 N–H and O–H groups in total. The lowest BCUT2D eigenvalue weighted by Crippen LogP contribution is -2.61. The van der Waals surface area contributed by atoms with E-state index in [0.29, 0.717) is 12.3 Å². The Kier molecular flexibility index (Phi) is 28.5. The minimum atomic E-state index is -1.72. The van der Waals surface area contributed by atoms with Crippen molar-refractivity contribution in [2.45, 2.75) is 221 Å². The molecule has 1 fully saturated rings. The summed E-state index contributed by atoms with van der Waals surface area (Å²) in [6.07, 6.45) is 3.03. The van der Waals surface area contributed by atoms with E-state index in [2.05, 4.69) is 51.1 Å². The Morgan fingerprint density at radius 2 is 0.929 bits per heavy atom. The molecule has 0 aromatic heterocycles. The molecule has 8 atom stereocenters. The van der Waals surface area contributed by atoms with Crippen LogP contribution in [0.1, 0.15) is 173 Å². The monoisotopic (exact) mass is 993 g/mol.